The van der Waals surface area contributed by atoms with E-state index >= 15 is 0 Å². The molecule has 2 atom stereocenters. The third-order valence-electron chi connectivity index (χ3n) is 5.30. The Balaban J connectivity index is 1.80. The molecule has 0 aliphatic carbocycles. The highest BCUT2D eigenvalue weighted by atomic mass is 79.9. The third-order valence-corrected chi connectivity index (χ3v) is 5.79. The Morgan fingerprint density at radius 1 is 1.24 bits per heavy atom. The Kier molecular flexibility index (Phi) is 3.08. The highest BCUT2D eigenvalue weighted by Gasteiger charge is 2.67. The van der Waals surface area contributed by atoms with Crippen molar-refractivity contribution >= 4 is 39.2 Å². The smallest absolute Gasteiger partial charge is 0.271 e. The number of hydrogen-bond acceptors (Lipinski definition) is 4. The zero-order valence-electron chi connectivity index (χ0n) is 13.3. The first-order chi connectivity index (χ1) is 12.1. The number of aromatic nitrogens is 1. The quantitative estimate of drug-likeness (QED) is 0.800. The summed E-state index contributed by atoms with van der Waals surface area (Å²) in [6, 6.07) is 10.9. The van der Waals surface area contributed by atoms with Gasteiger partial charge in [0.25, 0.3) is 5.91 Å². The predicted molar refractivity (Wildman–Crippen MR) is 95.9 cm³/mol. The Labute approximate surface area is 153 Å². The largest absolute Gasteiger partial charge is 0.322 e. The second-order valence-corrected chi connectivity index (χ2v) is 7.44. The number of carbonyl (C=O) groups excluding carboxylic acids is 2. The molecule has 1 N–H and O–H groups in total. The summed E-state index contributed by atoms with van der Waals surface area (Å²) in [5.41, 5.74) is 0.396. The van der Waals surface area contributed by atoms with Crippen molar-refractivity contribution in [3.05, 3.63) is 52.6 Å². The highest BCUT2D eigenvalue weighted by molar-refractivity contribution is 9.10. The summed E-state index contributed by atoms with van der Waals surface area (Å²) >= 11 is 3.45. The molecule has 0 radical (unpaired) electrons. The van der Waals surface area contributed by atoms with Crippen molar-refractivity contribution in [2.75, 3.05) is 16.8 Å². The van der Waals surface area contributed by atoms with Gasteiger partial charge in [-0.2, -0.15) is 0 Å². The number of carbonyl (C=O) groups is 2. The number of halogens is 1. The molecule has 1 spiro atoms. The van der Waals surface area contributed by atoms with Gasteiger partial charge < -0.3 is 5.32 Å². The minimum absolute atomic E-state index is 0.0536. The van der Waals surface area contributed by atoms with Crippen LogP contribution in [0.5, 0.6) is 0 Å². The third kappa shape index (κ3) is 1.79. The number of pyridine rings is 1. The molecule has 6 nitrogen and oxygen atoms in total. The van der Waals surface area contributed by atoms with Crippen molar-refractivity contribution in [1.29, 1.82) is 0 Å². The molecule has 5 rings (SSSR count). The number of fused-ring (bicyclic) bond motifs is 4. The number of anilines is 2. The van der Waals surface area contributed by atoms with Crippen LogP contribution in [-0.4, -0.2) is 34.3 Å². The second kappa shape index (κ2) is 5.12. The standard InChI is InChI=1S/C18H15BrN4O2/c19-11-6-7-12-13(10-11)21-17(25)18(12)22-9-3-4-14(22)16(24)23(18)15-5-1-2-8-20-15/h1-2,5-8,10,14H,3-4,9H2,(H,21,25)/t14-,18+/m0/s1. The van der Waals surface area contributed by atoms with E-state index in [0.29, 0.717) is 12.4 Å². The molecular weight excluding hydrogens is 384 g/mol. The van der Waals surface area contributed by atoms with Gasteiger partial charge in [-0.1, -0.05) is 28.1 Å². The first-order valence-electron chi connectivity index (χ1n) is 8.27. The first kappa shape index (κ1) is 15.0. The fraction of sp³-hybridized carbons (Fsp3) is 0.278. The topological polar surface area (TPSA) is 65.5 Å². The normalized spacial score (nSPS) is 27.7. The molecular formula is C18H15BrN4O2. The molecule has 2 saturated heterocycles. The molecule has 2 aromatic rings. The molecule has 0 bridgehead atoms. The van der Waals surface area contributed by atoms with Crippen LogP contribution in [0.25, 0.3) is 0 Å². The molecule has 1 aromatic carbocycles. The van der Waals surface area contributed by atoms with Crippen molar-refractivity contribution in [2.45, 2.75) is 24.5 Å². The van der Waals surface area contributed by atoms with Crippen LogP contribution >= 0.6 is 15.9 Å². The fourth-order valence-electron chi connectivity index (χ4n) is 4.38. The monoisotopic (exact) mass is 398 g/mol. The van der Waals surface area contributed by atoms with Gasteiger partial charge in [-0.05, 0) is 37.1 Å². The average molecular weight is 399 g/mol. The van der Waals surface area contributed by atoms with E-state index in [2.05, 4.69) is 26.2 Å². The molecule has 126 valence electrons. The summed E-state index contributed by atoms with van der Waals surface area (Å²) in [4.78, 5) is 34.5. The molecule has 0 unspecified atom stereocenters. The van der Waals surface area contributed by atoms with Crippen molar-refractivity contribution < 1.29 is 9.59 Å². The van der Waals surface area contributed by atoms with E-state index in [0.717, 1.165) is 28.6 Å². The van der Waals surface area contributed by atoms with Gasteiger partial charge in [-0.3, -0.25) is 19.4 Å². The molecule has 0 saturated carbocycles. The minimum atomic E-state index is -1.15. The zero-order valence-corrected chi connectivity index (χ0v) is 14.9. The Morgan fingerprint density at radius 3 is 2.92 bits per heavy atom. The number of amides is 2. The highest BCUT2D eigenvalue weighted by Crippen LogP contribution is 2.52. The summed E-state index contributed by atoms with van der Waals surface area (Å²) in [7, 11) is 0. The molecule has 3 aliphatic heterocycles. The summed E-state index contributed by atoms with van der Waals surface area (Å²) < 4.78 is 0.885. The first-order valence-corrected chi connectivity index (χ1v) is 9.06. The van der Waals surface area contributed by atoms with Crippen LogP contribution in [0.1, 0.15) is 18.4 Å². The van der Waals surface area contributed by atoms with E-state index in [1.807, 2.05) is 29.2 Å². The maximum absolute atomic E-state index is 13.2. The van der Waals surface area contributed by atoms with E-state index in [9.17, 15) is 9.59 Å². The van der Waals surface area contributed by atoms with E-state index in [1.165, 1.54) is 0 Å². The summed E-state index contributed by atoms with van der Waals surface area (Å²) in [6.07, 6.45) is 3.32. The van der Waals surface area contributed by atoms with Crippen molar-refractivity contribution in [2.24, 2.45) is 0 Å². The van der Waals surface area contributed by atoms with Crippen LogP contribution in [0.15, 0.2) is 47.1 Å². The van der Waals surface area contributed by atoms with Crippen LogP contribution in [0, 0.1) is 0 Å². The van der Waals surface area contributed by atoms with Gasteiger partial charge in [-0.15, -0.1) is 0 Å². The average Bonchev–Trinajstić information content (AvgIpc) is 3.25. The summed E-state index contributed by atoms with van der Waals surface area (Å²) in [5.74, 6) is 0.263. The number of nitrogens with zero attached hydrogens (tertiary/aromatic N) is 3. The Morgan fingerprint density at radius 2 is 2.12 bits per heavy atom. The maximum atomic E-state index is 13.2. The molecule has 2 amide bonds. The lowest BCUT2D eigenvalue weighted by molar-refractivity contribution is -0.126. The molecule has 1 aromatic heterocycles. The van der Waals surface area contributed by atoms with Crippen LogP contribution in [0.2, 0.25) is 0 Å². The predicted octanol–water partition coefficient (Wildman–Crippen LogP) is 2.46. The van der Waals surface area contributed by atoms with Gasteiger partial charge in [0.1, 0.15) is 5.82 Å². The SMILES string of the molecule is O=C1[C@@H]2CCCN2[C@@]2(C(=O)Nc3cc(Br)ccc32)N1c1ccccn1. The van der Waals surface area contributed by atoms with Crippen molar-refractivity contribution in [3.63, 3.8) is 0 Å². The molecule has 3 aliphatic rings. The van der Waals surface area contributed by atoms with Crippen LogP contribution in [0.3, 0.4) is 0 Å². The summed E-state index contributed by atoms with van der Waals surface area (Å²) in [5, 5.41) is 2.97. The number of nitrogens with one attached hydrogen (secondary N) is 1. The Hall–Kier alpha value is -2.25. The second-order valence-electron chi connectivity index (χ2n) is 6.53. The van der Waals surface area contributed by atoms with Crippen LogP contribution < -0.4 is 10.2 Å². The summed E-state index contributed by atoms with van der Waals surface area (Å²) in [6.45, 7) is 0.711. The molecule has 25 heavy (non-hydrogen) atoms. The fourth-order valence-corrected chi connectivity index (χ4v) is 4.74. The van der Waals surface area contributed by atoms with Crippen molar-refractivity contribution in [3.8, 4) is 0 Å². The lowest BCUT2D eigenvalue weighted by Gasteiger charge is -2.37. The Bertz CT molecular complexity index is 903. The van der Waals surface area contributed by atoms with E-state index in [4.69, 9.17) is 0 Å². The number of benzene rings is 1. The van der Waals surface area contributed by atoms with E-state index in [-0.39, 0.29) is 17.9 Å². The van der Waals surface area contributed by atoms with Crippen LogP contribution in [0.4, 0.5) is 11.5 Å². The maximum Gasteiger partial charge on any atom is 0.271 e. The lowest BCUT2D eigenvalue weighted by Crippen LogP contribution is -2.56. The van der Waals surface area contributed by atoms with Crippen molar-refractivity contribution in [1.82, 2.24) is 9.88 Å². The van der Waals surface area contributed by atoms with Gasteiger partial charge in [0.2, 0.25) is 11.6 Å². The molecule has 2 fully saturated rings. The number of rotatable bonds is 1. The number of hydrogen-bond donors (Lipinski definition) is 1. The molecule has 4 heterocycles. The zero-order chi connectivity index (χ0) is 17.2. The van der Waals surface area contributed by atoms with E-state index < -0.39 is 5.66 Å². The lowest BCUT2D eigenvalue weighted by atomic mass is 9.98. The van der Waals surface area contributed by atoms with E-state index in [1.54, 1.807) is 23.2 Å². The van der Waals surface area contributed by atoms with Gasteiger partial charge in [0.05, 0.1) is 6.04 Å². The molecule has 7 heteroatoms. The van der Waals surface area contributed by atoms with Gasteiger partial charge in [-0.25, -0.2) is 4.98 Å². The minimum Gasteiger partial charge on any atom is -0.322 e. The van der Waals surface area contributed by atoms with Gasteiger partial charge in [0, 0.05) is 28.5 Å². The van der Waals surface area contributed by atoms with Gasteiger partial charge >= 0.3 is 0 Å². The van der Waals surface area contributed by atoms with Crippen LogP contribution in [-0.2, 0) is 15.3 Å². The van der Waals surface area contributed by atoms with Gasteiger partial charge in [0.15, 0.2) is 0 Å².